The average Bonchev–Trinajstić information content (AvgIpc) is 1.92. The third-order valence-electron chi connectivity index (χ3n) is 1.17. The summed E-state index contributed by atoms with van der Waals surface area (Å²) in [5.74, 6) is 0. The van der Waals surface area contributed by atoms with Crippen LogP contribution in [0.1, 0.15) is 0 Å². The van der Waals surface area contributed by atoms with E-state index in [-0.39, 0.29) is 22.3 Å². The average molecular weight is 308 g/mol. The molecule has 0 radical (unpaired) electrons. The van der Waals surface area contributed by atoms with Crippen LogP contribution < -0.4 is 0 Å². The lowest BCUT2D eigenvalue weighted by Crippen LogP contribution is -1.98. The summed E-state index contributed by atoms with van der Waals surface area (Å²) in [5.41, 5.74) is 0. The van der Waals surface area contributed by atoms with Crippen LogP contribution in [0.2, 0.25) is 5.02 Å². The van der Waals surface area contributed by atoms with Crippen molar-refractivity contribution in [2.75, 3.05) is 0 Å². The van der Waals surface area contributed by atoms with Gasteiger partial charge in [0.05, 0.1) is 5.02 Å². The van der Waals surface area contributed by atoms with Crippen LogP contribution in [0.4, 0.5) is 0 Å². The first-order valence-corrected chi connectivity index (χ1v) is 5.45. The third kappa shape index (κ3) is 3.44. The van der Waals surface area contributed by atoms with Gasteiger partial charge in [0.25, 0.3) is 10.1 Å². The van der Waals surface area contributed by atoms with E-state index in [0.29, 0.717) is 4.47 Å². The number of rotatable bonds is 1. The van der Waals surface area contributed by atoms with Crippen molar-refractivity contribution in [2.24, 2.45) is 0 Å². The summed E-state index contributed by atoms with van der Waals surface area (Å²) in [7, 11) is -4.22. The molecule has 13 heavy (non-hydrogen) atoms. The van der Waals surface area contributed by atoms with Crippen molar-refractivity contribution in [3.63, 3.8) is 0 Å². The standard InChI is InChI=1S/C6H4BrClO3S.ClH/c7-4-1-2-5(8)6(3-4)12(9,10)11;/h1-3H,(H,9,10,11);1H. The summed E-state index contributed by atoms with van der Waals surface area (Å²) >= 11 is 8.58. The van der Waals surface area contributed by atoms with Gasteiger partial charge in [-0.25, -0.2) is 0 Å². The van der Waals surface area contributed by atoms with Crippen LogP contribution in [0.3, 0.4) is 0 Å². The van der Waals surface area contributed by atoms with Gasteiger partial charge in [-0.15, -0.1) is 12.4 Å². The molecule has 0 amide bonds. The van der Waals surface area contributed by atoms with Crippen molar-refractivity contribution in [2.45, 2.75) is 4.90 Å². The molecule has 0 heterocycles. The zero-order chi connectivity index (χ0) is 9.35. The van der Waals surface area contributed by atoms with E-state index in [2.05, 4.69) is 15.9 Å². The van der Waals surface area contributed by atoms with Gasteiger partial charge < -0.3 is 0 Å². The highest BCUT2D eigenvalue weighted by molar-refractivity contribution is 9.10. The molecule has 0 aliphatic rings. The van der Waals surface area contributed by atoms with Gasteiger partial charge in [-0.3, -0.25) is 4.55 Å². The number of hydrogen-bond acceptors (Lipinski definition) is 2. The fourth-order valence-corrected chi connectivity index (χ4v) is 2.19. The molecule has 1 N–H and O–H groups in total. The van der Waals surface area contributed by atoms with E-state index in [1.54, 1.807) is 6.07 Å². The maximum Gasteiger partial charge on any atom is 0.296 e. The summed E-state index contributed by atoms with van der Waals surface area (Å²) < 4.78 is 30.5. The Morgan fingerprint density at radius 2 is 1.92 bits per heavy atom. The first kappa shape index (κ1) is 13.2. The van der Waals surface area contributed by atoms with Crippen LogP contribution in [0.25, 0.3) is 0 Å². The minimum atomic E-state index is -4.22. The largest absolute Gasteiger partial charge is 0.296 e. The highest BCUT2D eigenvalue weighted by Crippen LogP contribution is 2.24. The Bertz CT molecular complexity index is 404. The minimum absolute atomic E-state index is 0. The monoisotopic (exact) mass is 306 g/mol. The maximum absolute atomic E-state index is 10.7. The second-order valence-electron chi connectivity index (χ2n) is 2.05. The first-order chi connectivity index (χ1) is 5.41. The molecule has 0 atom stereocenters. The number of hydrogen-bond donors (Lipinski definition) is 1. The molecule has 1 rings (SSSR count). The van der Waals surface area contributed by atoms with Gasteiger partial charge in [-0.05, 0) is 18.2 Å². The van der Waals surface area contributed by atoms with Crippen LogP contribution in [0.15, 0.2) is 27.6 Å². The quantitative estimate of drug-likeness (QED) is 0.812. The summed E-state index contributed by atoms with van der Waals surface area (Å²) in [5, 5.41) is 0.000648. The normalized spacial score (nSPS) is 10.7. The SMILES string of the molecule is Cl.O=S(=O)(O)c1cc(Br)ccc1Cl. The lowest BCUT2D eigenvalue weighted by atomic mass is 10.4. The Morgan fingerprint density at radius 3 is 2.31 bits per heavy atom. The van der Waals surface area contributed by atoms with Crippen molar-refractivity contribution in [1.82, 2.24) is 0 Å². The minimum Gasteiger partial charge on any atom is -0.282 e. The zero-order valence-corrected chi connectivity index (χ0v) is 10.0. The highest BCUT2D eigenvalue weighted by Gasteiger charge is 2.13. The van der Waals surface area contributed by atoms with Crippen molar-refractivity contribution >= 4 is 50.1 Å². The second-order valence-corrected chi connectivity index (χ2v) is 4.76. The van der Waals surface area contributed by atoms with Crippen LogP contribution in [0.5, 0.6) is 0 Å². The van der Waals surface area contributed by atoms with Crippen LogP contribution >= 0.6 is 39.9 Å². The zero-order valence-electron chi connectivity index (χ0n) is 6.07. The molecule has 0 saturated carbocycles. The van der Waals surface area contributed by atoms with Crippen molar-refractivity contribution in [3.05, 3.63) is 27.7 Å². The summed E-state index contributed by atoms with van der Waals surface area (Å²) in [6.07, 6.45) is 0. The molecule has 0 spiro atoms. The molecule has 3 nitrogen and oxygen atoms in total. The molecule has 0 aliphatic carbocycles. The molecule has 0 unspecified atom stereocenters. The van der Waals surface area contributed by atoms with Gasteiger partial charge in [0.1, 0.15) is 4.90 Å². The van der Waals surface area contributed by atoms with Gasteiger partial charge in [-0.2, -0.15) is 8.42 Å². The second kappa shape index (κ2) is 4.61. The van der Waals surface area contributed by atoms with E-state index < -0.39 is 10.1 Å². The molecule has 0 aromatic heterocycles. The number of halogens is 3. The van der Waals surface area contributed by atoms with Gasteiger partial charge in [0.2, 0.25) is 0 Å². The van der Waals surface area contributed by atoms with Crippen LogP contribution in [-0.4, -0.2) is 13.0 Å². The Morgan fingerprint density at radius 1 is 1.38 bits per heavy atom. The Labute approximate surface area is 95.4 Å². The van der Waals surface area contributed by atoms with Crippen molar-refractivity contribution in [1.29, 1.82) is 0 Å². The van der Waals surface area contributed by atoms with E-state index in [0.717, 1.165) is 0 Å². The third-order valence-corrected chi connectivity index (χ3v) is 3.00. The van der Waals surface area contributed by atoms with Crippen molar-refractivity contribution in [3.8, 4) is 0 Å². The molecule has 0 aliphatic heterocycles. The van der Waals surface area contributed by atoms with Crippen LogP contribution in [0, 0.1) is 0 Å². The van der Waals surface area contributed by atoms with Gasteiger partial charge in [0, 0.05) is 4.47 Å². The fraction of sp³-hybridized carbons (Fsp3) is 0. The lowest BCUT2D eigenvalue weighted by molar-refractivity contribution is 0.483. The van der Waals surface area contributed by atoms with E-state index in [9.17, 15) is 8.42 Å². The van der Waals surface area contributed by atoms with Gasteiger partial charge >= 0.3 is 0 Å². The molecule has 0 bridgehead atoms. The molecule has 74 valence electrons. The van der Waals surface area contributed by atoms with Gasteiger partial charge in [-0.1, -0.05) is 27.5 Å². The Kier molecular flexibility index (Phi) is 4.68. The maximum atomic E-state index is 10.7. The van der Waals surface area contributed by atoms with Crippen molar-refractivity contribution < 1.29 is 13.0 Å². The molecule has 7 heteroatoms. The topological polar surface area (TPSA) is 54.4 Å². The van der Waals surface area contributed by atoms with Crippen LogP contribution in [-0.2, 0) is 10.1 Å². The molecule has 0 saturated heterocycles. The van der Waals surface area contributed by atoms with E-state index in [4.69, 9.17) is 16.2 Å². The predicted octanol–water partition coefficient (Wildman–Crippen LogP) is 2.77. The fourth-order valence-electron chi connectivity index (χ4n) is 0.675. The summed E-state index contributed by atoms with van der Waals surface area (Å²) in [4.78, 5) is -0.293. The summed E-state index contributed by atoms with van der Waals surface area (Å²) in [6.45, 7) is 0. The first-order valence-electron chi connectivity index (χ1n) is 2.84. The molecule has 0 fully saturated rings. The molecular weight excluding hydrogens is 303 g/mol. The van der Waals surface area contributed by atoms with E-state index >= 15 is 0 Å². The smallest absolute Gasteiger partial charge is 0.282 e. The summed E-state index contributed by atoms with van der Waals surface area (Å²) in [6, 6.07) is 4.20. The van der Waals surface area contributed by atoms with E-state index in [1.165, 1.54) is 12.1 Å². The molecular formula is C6H5BrCl2O3S. The Hall–Kier alpha value is 0.190. The predicted molar refractivity (Wildman–Crippen MR) is 56.2 cm³/mol. The molecule has 1 aromatic rings. The Balaban J connectivity index is 0.00000144. The number of benzene rings is 1. The van der Waals surface area contributed by atoms with E-state index in [1.807, 2.05) is 0 Å². The molecule has 1 aromatic carbocycles. The highest BCUT2D eigenvalue weighted by atomic mass is 79.9. The lowest BCUT2D eigenvalue weighted by Gasteiger charge is -1.99. The van der Waals surface area contributed by atoms with Gasteiger partial charge in [0.15, 0.2) is 0 Å².